The number of nitrogens with zero attached hydrogens (tertiary/aromatic N) is 1. The number of nitrogens with one attached hydrogen (secondary N) is 1. The molecule has 3 rings (SSSR count). The third-order valence-electron chi connectivity index (χ3n) is 4.20. The maximum Gasteiger partial charge on any atom is 0.309 e. The Morgan fingerprint density at radius 1 is 1.27 bits per heavy atom. The second kappa shape index (κ2) is 8.18. The fourth-order valence-electron chi connectivity index (χ4n) is 2.84. The van der Waals surface area contributed by atoms with Crippen LogP contribution in [0, 0.1) is 5.92 Å². The predicted molar refractivity (Wildman–Crippen MR) is 96.2 cm³/mol. The van der Waals surface area contributed by atoms with E-state index in [0.29, 0.717) is 42.4 Å². The summed E-state index contributed by atoms with van der Waals surface area (Å²) in [6.45, 7) is 3.21. The SMILES string of the molecule is CCOC(=O)C1CCN(C(=O)c2ccc(NC(=O)c3ccco3)s2)CC1. The monoisotopic (exact) mass is 376 g/mol. The Hall–Kier alpha value is -2.61. The average Bonchev–Trinajstić information content (AvgIpc) is 3.33. The van der Waals surface area contributed by atoms with Crippen LogP contribution in [0.4, 0.5) is 5.00 Å². The number of amides is 2. The fraction of sp³-hybridized carbons (Fsp3) is 0.389. The zero-order valence-corrected chi connectivity index (χ0v) is 15.2. The molecule has 8 heteroatoms. The first-order valence-electron chi connectivity index (χ1n) is 8.49. The van der Waals surface area contributed by atoms with Crippen LogP contribution in [0.25, 0.3) is 0 Å². The van der Waals surface area contributed by atoms with Gasteiger partial charge in [-0.2, -0.15) is 0 Å². The molecule has 138 valence electrons. The second-order valence-electron chi connectivity index (χ2n) is 5.91. The number of hydrogen-bond acceptors (Lipinski definition) is 6. The lowest BCUT2D eigenvalue weighted by molar-refractivity contribution is -0.149. The first-order chi connectivity index (χ1) is 12.6. The summed E-state index contributed by atoms with van der Waals surface area (Å²) >= 11 is 1.22. The van der Waals surface area contributed by atoms with E-state index in [1.165, 1.54) is 17.6 Å². The normalized spacial score (nSPS) is 14.9. The van der Waals surface area contributed by atoms with Crippen molar-refractivity contribution in [3.8, 4) is 0 Å². The molecule has 0 atom stereocenters. The zero-order chi connectivity index (χ0) is 18.5. The number of ether oxygens (including phenoxy) is 1. The number of piperidine rings is 1. The molecule has 0 spiro atoms. The molecule has 1 aliphatic rings. The summed E-state index contributed by atoms with van der Waals surface area (Å²) in [4.78, 5) is 38.7. The van der Waals surface area contributed by atoms with E-state index < -0.39 is 0 Å². The molecule has 1 saturated heterocycles. The third kappa shape index (κ3) is 4.13. The summed E-state index contributed by atoms with van der Waals surface area (Å²) in [6.07, 6.45) is 2.65. The van der Waals surface area contributed by atoms with Crippen LogP contribution < -0.4 is 5.32 Å². The number of esters is 1. The molecule has 3 heterocycles. The molecule has 0 aliphatic carbocycles. The minimum absolute atomic E-state index is 0.0872. The van der Waals surface area contributed by atoms with Crippen molar-refractivity contribution >= 4 is 34.1 Å². The number of rotatable bonds is 5. The molecule has 0 radical (unpaired) electrons. The Morgan fingerprint density at radius 3 is 2.69 bits per heavy atom. The van der Waals surface area contributed by atoms with Gasteiger partial charge in [0.1, 0.15) is 0 Å². The molecule has 2 aromatic heterocycles. The number of thiophene rings is 1. The summed E-state index contributed by atoms with van der Waals surface area (Å²) in [5.74, 6) is -0.543. The van der Waals surface area contributed by atoms with E-state index in [4.69, 9.17) is 9.15 Å². The molecule has 26 heavy (non-hydrogen) atoms. The Labute approximate surface area is 154 Å². The van der Waals surface area contributed by atoms with Gasteiger partial charge in [0.25, 0.3) is 11.8 Å². The Morgan fingerprint density at radius 2 is 2.04 bits per heavy atom. The highest BCUT2D eigenvalue weighted by Gasteiger charge is 2.29. The molecule has 1 aliphatic heterocycles. The van der Waals surface area contributed by atoms with Gasteiger partial charge in [0.05, 0.1) is 28.7 Å². The first kappa shape index (κ1) is 18.2. The number of carbonyl (C=O) groups is 3. The van der Waals surface area contributed by atoms with Gasteiger partial charge < -0.3 is 19.4 Å². The van der Waals surface area contributed by atoms with Crippen molar-refractivity contribution in [3.63, 3.8) is 0 Å². The van der Waals surface area contributed by atoms with Gasteiger partial charge in [0, 0.05) is 13.1 Å². The van der Waals surface area contributed by atoms with E-state index in [0.717, 1.165) is 0 Å². The quantitative estimate of drug-likeness (QED) is 0.811. The summed E-state index contributed by atoms with van der Waals surface area (Å²) in [5.41, 5.74) is 0. The highest BCUT2D eigenvalue weighted by atomic mass is 32.1. The fourth-order valence-corrected chi connectivity index (χ4v) is 3.70. The van der Waals surface area contributed by atoms with Crippen molar-refractivity contribution in [2.75, 3.05) is 25.0 Å². The molecule has 2 amide bonds. The molecule has 0 saturated carbocycles. The summed E-state index contributed by atoms with van der Waals surface area (Å²) in [5, 5.41) is 3.29. The second-order valence-corrected chi connectivity index (χ2v) is 7.00. The van der Waals surface area contributed by atoms with Crippen molar-refractivity contribution in [1.82, 2.24) is 4.90 Å². The molecule has 0 bridgehead atoms. The minimum Gasteiger partial charge on any atom is -0.466 e. The van der Waals surface area contributed by atoms with E-state index in [9.17, 15) is 14.4 Å². The lowest BCUT2D eigenvalue weighted by Crippen LogP contribution is -2.40. The smallest absolute Gasteiger partial charge is 0.309 e. The number of carbonyl (C=O) groups excluding carboxylic acids is 3. The van der Waals surface area contributed by atoms with Crippen molar-refractivity contribution in [2.24, 2.45) is 5.92 Å². The number of likely N-dealkylation sites (tertiary alicyclic amines) is 1. The Bertz CT molecular complexity index is 775. The number of anilines is 1. The molecule has 1 fully saturated rings. The highest BCUT2D eigenvalue weighted by Crippen LogP contribution is 2.26. The standard InChI is InChI=1S/C18H20N2O5S/c1-2-24-18(23)12-7-9-20(10-8-12)17(22)14-5-6-15(26-14)19-16(21)13-4-3-11-25-13/h3-6,11-12H,2,7-10H2,1H3,(H,19,21). The van der Waals surface area contributed by atoms with Crippen LogP contribution in [-0.4, -0.2) is 42.4 Å². The maximum absolute atomic E-state index is 12.6. The maximum atomic E-state index is 12.6. The van der Waals surface area contributed by atoms with Gasteiger partial charge in [-0.25, -0.2) is 0 Å². The van der Waals surface area contributed by atoms with Gasteiger partial charge in [-0.15, -0.1) is 11.3 Å². The molecule has 0 aromatic carbocycles. The van der Waals surface area contributed by atoms with Crippen LogP contribution in [-0.2, 0) is 9.53 Å². The van der Waals surface area contributed by atoms with Crippen LogP contribution >= 0.6 is 11.3 Å². The summed E-state index contributed by atoms with van der Waals surface area (Å²) in [6, 6.07) is 6.60. The first-order valence-corrected chi connectivity index (χ1v) is 9.30. The average molecular weight is 376 g/mol. The minimum atomic E-state index is -0.355. The van der Waals surface area contributed by atoms with Crippen molar-refractivity contribution in [2.45, 2.75) is 19.8 Å². The van der Waals surface area contributed by atoms with Gasteiger partial charge >= 0.3 is 5.97 Å². The molecule has 7 nitrogen and oxygen atoms in total. The molecule has 1 N–H and O–H groups in total. The van der Waals surface area contributed by atoms with Crippen LogP contribution in [0.5, 0.6) is 0 Å². The Balaban J connectivity index is 1.55. The zero-order valence-electron chi connectivity index (χ0n) is 14.4. The van der Waals surface area contributed by atoms with E-state index >= 15 is 0 Å². The van der Waals surface area contributed by atoms with Crippen LogP contribution in [0.2, 0.25) is 0 Å². The van der Waals surface area contributed by atoms with Crippen LogP contribution in [0.15, 0.2) is 34.9 Å². The van der Waals surface area contributed by atoms with Crippen molar-refractivity contribution < 1.29 is 23.5 Å². The number of furan rings is 1. The van der Waals surface area contributed by atoms with E-state index in [-0.39, 0.29) is 29.5 Å². The molecular weight excluding hydrogens is 356 g/mol. The van der Waals surface area contributed by atoms with Gasteiger partial charge in [-0.05, 0) is 44.0 Å². The predicted octanol–water partition coefficient (Wildman–Crippen LogP) is 3.01. The van der Waals surface area contributed by atoms with Crippen LogP contribution in [0.3, 0.4) is 0 Å². The lowest BCUT2D eigenvalue weighted by Gasteiger charge is -2.30. The van der Waals surface area contributed by atoms with Crippen LogP contribution in [0.1, 0.15) is 40.0 Å². The highest BCUT2D eigenvalue weighted by molar-refractivity contribution is 7.18. The lowest BCUT2D eigenvalue weighted by atomic mass is 9.97. The largest absolute Gasteiger partial charge is 0.466 e. The van der Waals surface area contributed by atoms with E-state index in [1.807, 2.05) is 0 Å². The van der Waals surface area contributed by atoms with Crippen molar-refractivity contribution in [1.29, 1.82) is 0 Å². The van der Waals surface area contributed by atoms with Gasteiger partial charge in [-0.3, -0.25) is 14.4 Å². The van der Waals surface area contributed by atoms with E-state index in [2.05, 4.69) is 5.32 Å². The van der Waals surface area contributed by atoms with E-state index in [1.54, 1.807) is 36.1 Å². The Kier molecular flexibility index (Phi) is 5.72. The molecule has 0 unspecified atom stereocenters. The summed E-state index contributed by atoms with van der Waals surface area (Å²) < 4.78 is 10.1. The topological polar surface area (TPSA) is 88.9 Å². The van der Waals surface area contributed by atoms with Crippen molar-refractivity contribution in [3.05, 3.63) is 41.2 Å². The number of hydrogen-bond donors (Lipinski definition) is 1. The molecular formula is C18H20N2O5S. The van der Waals surface area contributed by atoms with Gasteiger partial charge in [0.2, 0.25) is 0 Å². The van der Waals surface area contributed by atoms with Gasteiger partial charge in [0.15, 0.2) is 5.76 Å². The third-order valence-corrected chi connectivity index (χ3v) is 5.19. The summed E-state index contributed by atoms with van der Waals surface area (Å²) in [7, 11) is 0. The molecule has 2 aromatic rings. The van der Waals surface area contributed by atoms with Gasteiger partial charge in [-0.1, -0.05) is 0 Å².